The lowest BCUT2D eigenvalue weighted by molar-refractivity contribution is -0.114. The Morgan fingerprint density at radius 2 is 2.00 bits per heavy atom. The molecule has 0 aliphatic carbocycles. The molecule has 2 aromatic rings. The Morgan fingerprint density at radius 1 is 1.19 bits per heavy atom. The number of carbonyl (C=O) groups is 2. The van der Waals surface area contributed by atoms with Gasteiger partial charge in [-0.1, -0.05) is 24.3 Å². The van der Waals surface area contributed by atoms with Gasteiger partial charge in [0.25, 0.3) is 5.91 Å². The van der Waals surface area contributed by atoms with E-state index in [2.05, 4.69) is 52.2 Å². The molecule has 1 atom stereocenters. The van der Waals surface area contributed by atoms with E-state index in [1.165, 1.54) is 11.1 Å². The van der Waals surface area contributed by atoms with Crippen LogP contribution in [0.4, 0.5) is 11.4 Å². The fraction of sp³-hybridized carbons (Fsp3) is 0.300. The van der Waals surface area contributed by atoms with Gasteiger partial charge in [-0.05, 0) is 42.8 Å². The molecule has 6 nitrogen and oxygen atoms in total. The maximum Gasteiger partial charge on any atom is 0.251 e. The Balaban J connectivity index is 1.41. The molecule has 26 heavy (non-hydrogen) atoms. The Hall–Kier alpha value is -2.86. The maximum absolute atomic E-state index is 12.5. The minimum absolute atomic E-state index is 0.0995. The molecule has 2 amide bonds. The number of amides is 2. The van der Waals surface area contributed by atoms with Crippen LogP contribution in [0.15, 0.2) is 42.5 Å². The van der Waals surface area contributed by atoms with E-state index in [-0.39, 0.29) is 24.4 Å². The summed E-state index contributed by atoms with van der Waals surface area (Å²) in [5.41, 5.74) is 4.75. The van der Waals surface area contributed by atoms with Crippen LogP contribution in [-0.2, 0) is 17.8 Å². The summed E-state index contributed by atoms with van der Waals surface area (Å²) in [5.74, 6) is -0.225. The third-order valence-electron chi connectivity index (χ3n) is 5.11. The quantitative estimate of drug-likeness (QED) is 0.790. The highest BCUT2D eigenvalue weighted by Gasteiger charge is 2.24. The highest BCUT2D eigenvalue weighted by Crippen LogP contribution is 2.26. The molecular weight excluding hydrogens is 328 g/mol. The van der Waals surface area contributed by atoms with Crippen LogP contribution in [-0.4, -0.2) is 42.9 Å². The number of hydrogen-bond acceptors (Lipinski definition) is 4. The lowest BCUT2D eigenvalue weighted by Gasteiger charge is -2.34. The fourth-order valence-electron chi connectivity index (χ4n) is 3.57. The molecule has 0 aromatic heterocycles. The zero-order chi connectivity index (χ0) is 18.1. The first-order chi connectivity index (χ1) is 12.6. The van der Waals surface area contributed by atoms with Gasteiger partial charge in [0.1, 0.15) is 0 Å². The van der Waals surface area contributed by atoms with E-state index >= 15 is 0 Å². The van der Waals surface area contributed by atoms with E-state index in [0.717, 1.165) is 18.7 Å². The highest BCUT2D eigenvalue weighted by molar-refractivity contribution is 6.03. The van der Waals surface area contributed by atoms with Crippen LogP contribution < -0.4 is 16.0 Å². The lowest BCUT2D eigenvalue weighted by Crippen LogP contribution is -2.45. The molecule has 4 rings (SSSR count). The van der Waals surface area contributed by atoms with Crippen molar-refractivity contribution in [2.75, 3.05) is 30.8 Å². The molecule has 2 aliphatic heterocycles. The molecule has 2 aliphatic rings. The predicted octanol–water partition coefficient (Wildman–Crippen LogP) is 1.84. The molecular formula is C20H22N4O2. The van der Waals surface area contributed by atoms with E-state index in [4.69, 9.17) is 0 Å². The number of hydrogen-bond donors (Lipinski definition) is 3. The minimum atomic E-state index is -0.125. The third-order valence-corrected chi connectivity index (χ3v) is 5.11. The van der Waals surface area contributed by atoms with Crippen molar-refractivity contribution >= 4 is 23.2 Å². The van der Waals surface area contributed by atoms with Crippen molar-refractivity contribution in [2.24, 2.45) is 0 Å². The summed E-state index contributed by atoms with van der Waals surface area (Å²) < 4.78 is 0. The van der Waals surface area contributed by atoms with Crippen molar-refractivity contribution in [3.8, 4) is 0 Å². The summed E-state index contributed by atoms with van der Waals surface area (Å²) in [6.45, 7) is 1.74. The summed E-state index contributed by atoms with van der Waals surface area (Å²) in [6, 6.07) is 14.0. The zero-order valence-electron chi connectivity index (χ0n) is 14.7. The van der Waals surface area contributed by atoms with E-state index in [0.29, 0.717) is 17.8 Å². The summed E-state index contributed by atoms with van der Waals surface area (Å²) in [6.07, 6.45) is 0.928. The Morgan fingerprint density at radius 3 is 2.85 bits per heavy atom. The SMILES string of the molecule is CN1Cc2ccccc2C[C@H]1CNC(=O)c1ccc2c(c1)NC(=O)CN2. The van der Waals surface area contributed by atoms with Crippen LogP contribution in [0.5, 0.6) is 0 Å². The van der Waals surface area contributed by atoms with Gasteiger partial charge < -0.3 is 16.0 Å². The summed E-state index contributed by atoms with van der Waals surface area (Å²) in [5, 5.41) is 8.85. The van der Waals surface area contributed by atoms with Gasteiger partial charge in [0, 0.05) is 24.7 Å². The molecule has 0 saturated heterocycles. The monoisotopic (exact) mass is 350 g/mol. The zero-order valence-corrected chi connectivity index (χ0v) is 14.7. The minimum Gasteiger partial charge on any atom is -0.374 e. The Bertz CT molecular complexity index is 865. The molecule has 0 bridgehead atoms. The number of benzene rings is 2. The summed E-state index contributed by atoms with van der Waals surface area (Å²) >= 11 is 0. The second-order valence-electron chi connectivity index (χ2n) is 6.91. The van der Waals surface area contributed by atoms with Gasteiger partial charge >= 0.3 is 0 Å². The average molecular weight is 350 g/mol. The number of likely N-dealkylation sites (N-methyl/N-ethyl adjacent to an activating group) is 1. The van der Waals surface area contributed by atoms with Crippen molar-refractivity contribution in [3.63, 3.8) is 0 Å². The van der Waals surface area contributed by atoms with Gasteiger partial charge in [-0.3, -0.25) is 14.5 Å². The van der Waals surface area contributed by atoms with E-state index in [1.807, 2.05) is 6.07 Å². The molecule has 0 saturated carbocycles. The topological polar surface area (TPSA) is 73.5 Å². The van der Waals surface area contributed by atoms with Gasteiger partial charge in [0.2, 0.25) is 5.91 Å². The molecule has 0 radical (unpaired) electrons. The van der Waals surface area contributed by atoms with E-state index in [1.54, 1.807) is 12.1 Å². The van der Waals surface area contributed by atoms with Crippen LogP contribution in [0.3, 0.4) is 0 Å². The van der Waals surface area contributed by atoms with Crippen LogP contribution in [0.2, 0.25) is 0 Å². The molecule has 3 N–H and O–H groups in total. The second-order valence-corrected chi connectivity index (χ2v) is 6.91. The smallest absolute Gasteiger partial charge is 0.251 e. The number of nitrogens with one attached hydrogen (secondary N) is 3. The number of carbonyl (C=O) groups excluding carboxylic acids is 2. The predicted molar refractivity (Wildman–Crippen MR) is 101 cm³/mol. The molecule has 2 aromatic carbocycles. The molecule has 134 valence electrons. The van der Waals surface area contributed by atoms with Crippen molar-refractivity contribution < 1.29 is 9.59 Å². The first-order valence-corrected chi connectivity index (χ1v) is 8.83. The highest BCUT2D eigenvalue weighted by atomic mass is 16.2. The number of rotatable bonds is 3. The van der Waals surface area contributed by atoms with Crippen LogP contribution in [0.25, 0.3) is 0 Å². The van der Waals surface area contributed by atoms with E-state index < -0.39 is 0 Å². The second kappa shape index (κ2) is 6.80. The number of anilines is 2. The van der Waals surface area contributed by atoms with Crippen LogP contribution in [0.1, 0.15) is 21.5 Å². The molecule has 6 heteroatoms. The van der Waals surface area contributed by atoms with Crippen molar-refractivity contribution in [1.82, 2.24) is 10.2 Å². The summed E-state index contributed by atoms with van der Waals surface area (Å²) in [7, 11) is 2.09. The number of nitrogens with zero attached hydrogens (tertiary/aromatic N) is 1. The van der Waals surface area contributed by atoms with Crippen molar-refractivity contribution in [2.45, 2.75) is 19.0 Å². The third kappa shape index (κ3) is 3.28. The number of fused-ring (bicyclic) bond motifs is 2. The molecule has 0 fully saturated rings. The standard InChI is InChI=1S/C20H22N4O2/c1-24-12-15-5-3-2-4-13(15)8-16(24)10-22-20(26)14-6-7-17-18(9-14)23-19(25)11-21-17/h2-7,9,16,21H,8,10-12H2,1H3,(H,22,26)(H,23,25)/t16-/m0/s1. The van der Waals surface area contributed by atoms with Gasteiger partial charge in [-0.15, -0.1) is 0 Å². The lowest BCUT2D eigenvalue weighted by atomic mass is 9.94. The van der Waals surface area contributed by atoms with Gasteiger partial charge in [0.15, 0.2) is 0 Å². The molecule has 2 heterocycles. The molecule has 0 unspecified atom stereocenters. The van der Waals surface area contributed by atoms with Crippen LogP contribution >= 0.6 is 0 Å². The summed E-state index contributed by atoms with van der Waals surface area (Å²) in [4.78, 5) is 26.3. The van der Waals surface area contributed by atoms with Gasteiger partial charge in [-0.2, -0.15) is 0 Å². The Kier molecular flexibility index (Phi) is 4.34. The fourth-order valence-corrected chi connectivity index (χ4v) is 3.57. The largest absolute Gasteiger partial charge is 0.374 e. The average Bonchev–Trinajstić information content (AvgIpc) is 2.65. The van der Waals surface area contributed by atoms with Crippen LogP contribution in [0, 0.1) is 0 Å². The van der Waals surface area contributed by atoms with Gasteiger partial charge in [0.05, 0.1) is 17.9 Å². The van der Waals surface area contributed by atoms with Gasteiger partial charge in [-0.25, -0.2) is 0 Å². The van der Waals surface area contributed by atoms with Crippen molar-refractivity contribution in [3.05, 3.63) is 59.2 Å². The van der Waals surface area contributed by atoms with E-state index in [9.17, 15) is 9.59 Å². The van der Waals surface area contributed by atoms with Crippen molar-refractivity contribution in [1.29, 1.82) is 0 Å². The maximum atomic E-state index is 12.5. The normalized spacial score (nSPS) is 19.0. The first kappa shape index (κ1) is 16.6. The Labute approximate surface area is 152 Å². The first-order valence-electron chi connectivity index (χ1n) is 8.83. The molecule has 0 spiro atoms.